The van der Waals surface area contributed by atoms with Crippen molar-refractivity contribution in [2.24, 2.45) is 5.41 Å². The van der Waals surface area contributed by atoms with Gasteiger partial charge in [0.1, 0.15) is 5.82 Å². The Morgan fingerprint density at radius 3 is 2.53 bits per heavy atom. The number of aryl methyl sites for hydroxylation is 1. The minimum absolute atomic E-state index is 0.0290. The first-order valence-electron chi connectivity index (χ1n) is 6.02. The van der Waals surface area contributed by atoms with Crippen molar-refractivity contribution in [1.29, 1.82) is 0 Å². The molecule has 2 N–H and O–H groups in total. The van der Waals surface area contributed by atoms with Gasteiger partial charge in [0.25, 0.3) is 5.91 Å². The van der Waals surface area contributed by atoms with Crippen LogP contribution in [0.15, 0.2) is 18.2 Å². The van der Waals surface area contributed by atoms with Gasteiger partial charge < -0.3 is 10.4 Å². The standard InChI is InChI=1S/C14H18FNO3/c1-9-4-5-10(11(15)8-9)12(17)16-7-6-14(2,3)13(18)19/h4-5,8H,6-7H2,1-3H3,(H,16,17)(H,18,19). The third-order valence-electron chi connectivity index (χ3n) is 2.98. The number of carbonyl (C=O) groups is 2. The zero-order valence-electron chi connectivity index (χ0n) is 11.3. The van der Waals surface area contributed by atoms with Crippen LogP contribution >= 0.6 is 0 Å². The van der Waals surface area contributed by atoms with Crippen molar-refractivity contribution >= 4 is 11.9 Å². The van der Waals surface area contributed by atoms with Gasteiger partial charge in [-0.05, 0) is 44.9 Å². The molecule has 0 radical (unpaired) electrons. The fourth-order valence-corrected chi connectivity index (χ4v) is 1.49. The summed E-state index contributed by atoms with van der Waals surface area (Å²) in [6.45, 7) is 5.08. The number of hydrogen-bond acceptors (Lipinski definition) is 2. The molecule has 19 heavy (non-hydrogen) atoms. The maximum Gasteiger partial charge on any atom is 0.309 e. The second kappa shape index (κ2) is 5.82. The summed E-state index contributed by atoms with van der Waals surface area (Å²) in [5.74, 6) is -2.03. The molecule has 0 fully saturated rings. The Morgan fingerprint density at radius 2 is 2.00 bits per heavy atom. The topological polar surface area (TPSA) is 66.4 Å². The van der Waals surface area contributed by atoms with E-state index >= 15 is 0 Å². The van der Waals surface area contributed by atoms with Crippen molar-refractivity contribution in [2.75, 3.05) is 6.54 Å². The van der Waals surface area contributed by atoms with E-state index in [9.17, 15) is 14.0 Å². The Morgan fingerprint density at radius 1 is 1.37 bits per heavy atom. The van der Waals surface area contributed by atoms with E-state index in [1.54, 1.807) is 26.8 Å². The van der Waals surface area contributed by atoms with Gasteiger partial charge in [-0.2, -0.15) is 0 Å². The highest BCUT2D eigenvalue weighted by Gasteiger charge is 2.26. The zero-order chi connectivity index (χ0) is 14.6. The molecule has 0 aliphatic heterocycles. The van der Waals surface area contributed by atoms with Crippen LogP contribution in [0.5, 0.6) is 0 Å². The molecule has 1 aromatic rings. The lowest BCUT2D eigenvalue weighted by molar-refractivity contribution is -0.147. The molecule has 0 aromatic heterocycles. The molecular formula is C14H18FNO3. The minimum Gasteiger partial charge on any atom is -0.481 e. The minimum atomic E-state index is -0.928. The average molecular weight is 267 g/mol. The summed E-state index contributed by atoms with van der Waals surface area (Å²) in [6.07, 6.45) is 0.279. The monoisotopic (exact) mass is 267 g/mol. The smallest absolute Gasteiger partial charge is 0.309 e. The van der Waals surface area contributed by atoms with Gasteiger partial charge in [0.05, 0.1) is 11.0 Å². The van der Waals surface area contributed by atoms with Crippen LogP contribution in [0, 0.1) is 18.2 Å². The Kier molecular flexibility index (Phi) is 4.64. The Balaban J connectivity index is 2.59. The fraction of sp³-hybridized carbons (Fsp3) is 0.429. The van der Waals surface area contributed by atoms with Gasteiger partial charge in [-0.15, -0.1) is 0 Å². The summed E-state index contributed by atoms with van der Waals surface area (Å²) >= 11 is 0. The summed E-state index contributed by atoms with van der Waals surface area (Å²) in [5.41, 5.74) is -0.209. The van der Waals surface area contributed by atoms with Crippen LogP contribution in [0.2, 0.25) is 0 Å². The summed E-state index contributed by atoms with van der Waals surface area (Å²) < 4.78 is 13.5. The second-order valence-corrected chi connectivity index (χ2v) is 5.18. The number of amides is 1. The van der Waals surface area contributed by atoms with Crippen molar-refractivity contribution in [3.05, 3.63) is 35.1 Å². The Labute approximate surface area is 111 Å². The van der Waals surface area contributed by atoms with E-state index in [2.05, 4.69) is 5.32 Å². The second-order valence-electron chi connectivity index (χ2n) is 5.18. The van der Waals surface area contributed by atoms with Crippen molar-refractivity contribution in [3.8, 4) is 0 Å². The first kappa shape index (κ1) is 15.1. The largest absolute Gasteiger partial charge is 0.481 e. The van der Waals surface area contributed by atoms with E-state index in [-0.39, 0.29) is 18.5 Å². The summed E-state index contributed by atoms with van der Waals surface area (Å²) in [5, 5.41) is 11.5. The molecule has 0 spiro atoms. The predicted molar refractivity (Wildman–Crippen MR) is 69.5 cm³/mol. The van der Waals surface area contributed by atoms with Crippen LogP contribution in [0.3, 0.4) is 0 Å². The summed E-state index contributed by atoms with van der Waals surface area (Å²) in [7, 11) is 0. The first-order chi connectivity index (χ1) is 8.74. The number of halogens is 1. The number of aliphatic carboxylic acids is 1. The predicted octanol–water partition coefficient (Wildman–Crippen LogP) is 2.36. The van der Waals surface area contributed by atoms with Gasteiger partial charge in [-0.3, -0.25) is 9.59 Å². The van der Waals surface area contributed by atoms with Crippen LogP contribution in [0.1, 0.15) is 36.2 Å². The molecule has 0 atom stereocenters. The molecule has 1 amide bonds. The summed E-state index contributed by atoms with van der Waals surface area (Å²) in [6, 6.07) is 4.36. The maximum absolute atomic E-state index is 13.5. The molecular weight excluding hydrogens is 249 g/mol. The molecule has 0 unspecified atom stereocenters. The van der Waals surface area contributed by atoms with Crippen LogP contribution in [0.4, 0.5) is 4.39 Å². The highest BCUT2D eigenvalue weighted by Crippen LogP contribution is 2.19. The van der Waals surface area contributed by atoms with Crippen molar-refractivity contribution in [1.82, 2.24) is 5.32 Å². The van der Waals surface area contributed by atoms with Crippen LogP contribution in [-0.4, -0.2) is 23.5 Å². The molecule has 0 heterocycles. The first-order valence-corrected chi connectivity index (χ1v) is 6.02. The number of benzene rings is 1. The highest BCUT2D eigenvalue weighted by atomic mass is 19.1. The number of rotatable bonds is 5. The number of nitrogens with one attached hydrogen (secondary N) is 1. The lowest BCUT2D eigenvalue weighted by atomic mass is 9.90. The highest BCUT2D eigenvalue weighted by molar-refractivity contribution is 5.94. The molecule has 1 aromatic carbocycles. The molecule has 0 saturated heterocycles. The number of carboxylic acids is 1. The van der Waals surface area contributed by atoms with E-state index in [1.807, 2.05) is 0 Å². The molecule has 0 aliphatic carbocycles. The molecule has 4 nitrogen and oxygen atoms in total. The number of carboxylic acid groups (broad SMARTS) is 1. The lowest BCUT2D eigenvalue weighted by Gasteiger charge is -2.18. The zero-order valence-corrected chi connectivity index (χ0v) is 11.3. The third-order valence-corrected chi connectivity index (χ3v) is 2.98. The normalized spacial score (nSPS) is 11.2. The van der Waals surface area contributed by atoms with Gasteiger partial charge >= 0.3 is 5.97 Å². The van der Waals surface area contributed by atoms with E-state index in [0.717, 1.165) is 5.56 Å². The van der Waals surface area contributed by atoms with Crippen molar-refractivity contribution < 1.29 is 19.1 Å². The van der Waals surface area contributed by atoms with Crippen LogP contribution in [0.25, 0.3) is 0 Å². The van der Waals surface area contributed by atoms with E-state index < -0.39 is 23.1 Å². The molecule has 0 aliphatic rings. The summed E-state index contributed by atoms with van der Waals surface area (Å²) in [4.78, 5) is 22.6. The number of carbonyl (C=O) groups excluding carboxylic acids is 1. The van der Waals surface area contributed by atoms with Gasteiger partial charge in [-0.1, -0.05) is 6.07 Å². The van der Waals surface area contributed by atoms with Crippen molar-refractivity contribution in [2.45, 2.75) is 27.2 Å². The molecule has 104 valence electrons. The molecule has 1 rings (SSSR count). The molecule has 5 heteroatoms. The molecule has 0 saturated carbocycles. The molecule has 0 bridgehead atoms. The van der Waals surface area contributed by atoms with Crippen LogP contribution in [-0.2, 0) is 4.79 Å². The van der Waals surface area contributed by atoms with Gasteiger partial charge in [0.2, 0.25) is 0 Å². The third kappa shape index (κ3) is 4.05. The Bertz CT molecular complexity index is 497. The van der Waals surface area contributed by atoms with Crippen LogP contribution < -0.4 is 5.32 Å². The maximum atomic E-state index is 13.5. The van der Waals surface area contributed by atoms with Gasteiger partial charge in [0, 0.05) is 6.54 Å². The lowest BCUT2D eigenvalue weighted by Crippen LogP contribution is -2.32. The average Bonchev–Trinajstić information content (AvgIpc) is 2.28. The van der Waals surface area contributed by atoms with Gasteiger partial charge in [0.15, 0.2) is 0 Å². The fourth-order valence-electron chi connectivity index (χ4n) is 1.49. The van der Waals surface area contributed by atoms with E-state index in [4.69, 9.17) is 5.11 Å². The van der Waals surface area contributed by atoms with Gasteiger partial charge in [-0.25, -0.2) is 4.39 Å². The van der Waals surface area contributed by atoms with Crippen molar-refractivity contribution in [3.63, 3.8) is 0 Å². The number of hydrogen-bond donors (Lipinski definition) is 2. The van der Waals surface area contributed by atoms with E-state index in [1.165, 1.54) is 12.1 Å². The Hall–Kier alpha value is -1.91. The SMILES string of the molecule is Cc1ccc(C(=O)NCCC(C)(C)C(=O)O)c(F)c1. The van der Waals surface area contributed by atoms with E-state index in [0.29, 0.717) is 0 Å². The quantitative estimate of drug-likeness (QED) is 0.860.